The minimum absolute atomic E-state index is 0.276. The van der Waals surface area contributed by atoms with E-state index in [1.807, 2.05) is 30.3 Å². The van der Waals surface area contributed by atoms with Gasteiger partial charge in [0.2, 0.25) is 0 Å². The van der Waals surface area contributed by atoms with Gasteiger partial charge >= 0.3 is 13.5 Å². The lowest BCUT2D eigenvalue weighted by molar-refractivity contribution is -0.232. The Balaban J connectivity index is 1.15. The average Bonchev–Trinajstić information content (AvgIpc) is 3.61. The smallest absolute Gasteiger partial charge is 0.346 e. The first-order chi connectivity index (χ1) is 19.8. The highest BCUT2D eigenvalue weighted by Gasteiger charge is 2.63. The molecule has 0 unspecified atom stereocenters. The normalized spacial score (nSPS) is 41.4. The van der Waals surface area contributed by atoms with Crippen LogP contribution in [-0.2, 0) is 46.6 Å². The molecule has 0 aliphatic carbocycles. The van der Waals surface area contributed by atoms with Crippen molar-refractivity contribution in [2.75, 3.05) is 6.61 Å². The summed E-state index contributed by atoms with van der Waals surface area (Å²) < 4.78 is 69.7. The summed E-state index contributed by atoms with van der Waals surface area (Å²) in [7, 11) is -4.24. The Morgan fingerprint density at radius 3 is 2.33 bits per heavy atom. The summed E-state index contributed by atoms with van der Waals surface area (Å²) in [6.45, 7) is 8.31. The van der Waals surface area contributed by atoms with Crippen LogP contribution in [-0.4, -0.2) is 70.6 Å². The molecule has 0 amide bonds. The Hall–Kier alpha value is -2.23. The van der Waals surface area contributed by atoms with E-state index < -0.39 is 85.9 Å². The van der Waals surface area contributed by atoms with Gasteiger partial charge in [-0.05, 0) is 40.2 Å². The Bertz CT molecular complexity index is 1520. The van der Waals surface area contributed by atoms with Gasteiger partial charge in [-0.1, -0.05) is 30.3 Å². The maximum atomic E-state index is 14.1. The number of fused-ring (bicyclic) bond motifs is 4. The van der Waals surface area contributed by atoms with Crippen LogP contribution < -0.4 is 11.2 Å². The summed E-state index contributed by atoms with van der Waals surface area (Å²) in [4.78, 5) is 26.9. The van der Waals surface area contributed by atoms with Gasteiger partial charge in [-0.3, -0.25) is 27.9 Å². The van der Waals surface area contributed by atoms with Gasteiger partial charge in [0.25, 0.3) is 5.56 Å². The van der Waals surface area contributed by atoms with E-state index in [4.69, 9.17) is 42.0 Å². The molecule has 0 radical (unpaired) electrons. The molecule has 5 aliphatic heterocycles. The van der Waals surface area contributed by atoms with Gasteiger partial charge in [0.15, 0.2) is 24.1 Å². The maximum absolute atomic E-state index is 14.1. The molecule has 2 aromatic rings. The molecule has 0 saturated carbocycles. The predicted molar refractivity (Wildman–Crippen MR) is 141 cm³/mol. The number of rotatable bonds is 5. The van der Waals surface area contributed by atoms with E-state index in [0.29, 0.717) is 5.56 Å². The fourth-order valence-corrected chi connectivity index (χ4v) is 7.71. The van der Waals surface area contributed by atoms with E-state index in [-0.39, 0.29) is 6.61 Å². The molecule has 1 aromatic heterocycles. The average molecular weight is 609 g/mol. The van der Waals surface area contributed by atoms with Crippen LogP contribution in [0.15, 0.2) is 46.1 Å². The summed E-state index contributed by atoms with van der Waals surface area (Å²) >= 11 is 0. The molecule has 14 nitrogen and oxygen atoms in total. The topological polar surface area (TPSA) is 155 Å². The van der Waals surface area contributed by atoms with Gasteiger partial charge in [-0.25, -0.2) is 9.36 Å². The van der Waals surface area contributed by atoms with E-state index >= 15 is 0 Å². The first-order valence-corrected chi connectivity index (χ1v) is 15.3. The molecule has 7 rings (SSSR count). The maximum Gasteiger partial charge on any atom is 0.476 e. The minimum atomic E-state index is -4.24. The van der Waals surface area contributed by atoms with Crippen LogP contribution in [0.5, 0.6) is 0 Å². The van der Waals surface area contributed by atoms with Crippen molar-refractivity contribution in [2.45, 2.75) is 101 Å². The van der Waals surface area contributed by atoms with E-state index in [9.17, 15) is 14.2 Å². The fraction of sp³-hybridized carbons (Fsp3) is 0.630. The van der Waals surface area contributed by atoms with Crippen LogP contribution in [0.1, 0.15) is 51.2 Å². The number of H-pyrrole nitrogens is 1. The summed E-state index contributed by atoms with van der Waals surface area (Å²) in [5.41, 5.74) is -0.118. The molecule has 6 heterocycles. The zero-order valence-electron chi connectivity index (χ0n) is 23.7. The second-order valence-corrected chi connectivity index (χ2v) is 13.5. The Labute approximate surface area is 240 Å². The monoisotopic (exact) mass is 608 g/mol. The zero-order valence-corrected chi connectivity index (χ0v) is 24.6. The van der Waals surface area contributed by atoms with Crippen molar-refractivity contribution in [3.63, 3.8) is 0 Å². The number of aryl methyl sites for hydroxylation is 1. The van der Waals surface area contributed by atoms with Crippen LogP contribution >= 0.6 is 7.82 Å². The number of aromatic nitrogens is 2. The van der Waals surface area contributed by atoms with E-state index in [0.717, 1.165) is 5.56 Å². The van der Waals surface area contributed by atoms with Crippen molar-refractivity contribution in [1.29, 1.82) is 0 Å². The third-order valence-electron chi connectivity index (χ3n) is 7.89. The lowest BCUT2D eigenvalue weighted by Crippen LogP contribution is -2.43. The number of hydrogen-bond donors (Lipinski definition) is 1. The molecule has 5 aliphatic rings. The Morgan fingerprint density at radius 2 is 1.57 bits per heavy atom. The molecule has 0 bridgehead atoms. The first kappa shape index (κ1) is 28.5. The second-order valence-electron chi connectivity index (χ2n) is 11.9. The number of phosphoric ester groups is 1. The summed E-state index contributed by atoms with van der Waals surface area (Å²) in [6, 6.07) is 9.22. The van der Waals surface area contributed by atoms with Gasteiger partial charge in [0.05, 0.1) is 6.61 Å². The number of phosphoric acid groups is 1. The molecule has 15 heteroatoms. The largest absolute Gasteiger partial charge is 0.476 e. The SMILES string of the molecule is Cc1cn([C@@H]2O[C@H](CO[P@@]3(=O)O[C@@H]4[C@H]5OC(C)(C)O[C@H]5O[C@@H]4[C@@H](c4ccccc4)O3)[C@H]3OC(C)(C)O[C@H]32)c(=O)[nH]c1=O. The molecule has 1 aromatic carbocycles. The molecule has 5 fully saturated rings. The van der Waals surface area contributed by atoms with Crippen LogP contribution in [0.3, 0.4) is 0 Å². The standard InChI is InChI=1S/C27H33N2O12P/c1-13-11-29(25(31)28-22(13)30)23-20-17(36-26(2,3)37-20)15(34-23)12-33-42(32)40-16(14-9-7-6-8-10-14)18-19(41-42)21-24(35-18)39-27(4,5)38-21/h6-11,15-21,23-24H,12H2,1-5H3,(H,28,30,31)/t15-,16-,17-,18-,19+,20-,21-,23-,24-,42-/m1/s1. The number of hydrogen-bond acceptors (Lipinski definition) is 12. The molecule has 228 valence electrons. The van der Waals surface area contributed by atoms with Crippen molar-refractivity contribution in [3.05, 3.63) is 68.5 Å². The van der Waals surface area contributed by atoms with Crippen LogP contribution in [0.2, 0.25) is 0 Å². The van der Waals surface area contributed by atoms with Crippen molar-refractivity contribution < 1.29 is 46.6 Å². The van der Waals surface area contributed by atoms with Gasteiger partial charge in [-0.15, -0.1) is 0 Å². The number of nitrogens with one attached hydrogen (secondary N) is 1. The predicted octanol–water partition coefficient (Wildman–Crippen LogP) is 2.42. The molecule has 1 N–H and O–H groups in total. The highest BCUT2D eigenvalue weighted by molar-refractivity contribution is 7.48. The third-order valence-corrected chi connectivity index (χ3v) is 9.34. The van der Waals surface area contributed by atoms with Crippen molar-refractivity contribution in [3.8, 4) is 0 Å². The number of aromatic amines is 1. The lowest BCUT2D eigenvalue weighted by Gasteiger charge is -2.38. The molecular formula is C27H33N2O12P. The summed E-state index contributed by atoms with van der Waals surface area (Å²) in [5, 5.41) is 0. The quantitative estimate of drug-likeness (QED) is 0.496. The molecule has 0 spiro atoms. The molecule has 5 saturated heterocycles. The number of ether oxygens (including phenoxy) is 6. The van der Waals surface area contributed by atoms with Gasteiger partial charge < -0.3 is 28.4 Å². The van der Waals surface area contributed by atoms with Crippen LogP contribution in [0.4, 0.5) is 0 Å². The first-order valence-electron chi connectivity index (χ1n) is 13.8. The van der Waals surface area contributed by atoms with Crippen LogP contribution in [0.25, 0.3) is 0 Å². The van der Waals surface area contributed by atoms with Crippen molar-refractivity contribution in [1.82, 2.24) is 9.55 Å². The number of benzene rings is 1. The van der Waals surface area contributed by atoms with Crippen LogP contribution in [0, 0.1) is 6.92 Å². The highest BCUT2D eigenvalue weighted by atomic mass is 31.2. The van der Waals surface area contributed by atoms with Crippen molar-refractivity contribution >= 4 is 7.82 Å². The minimum Gasteiger partial charge on any atom is -0.346 e. The lowest BCUT2D eigenvalue weighted by atomic mass is 9.99. The summed E-state index contributed by atoms with van der Waals surface area (Å²) in [5.74, 6) is -1.91. The molecule has 10 atom stereocenters. The van der Waals surface area contributed by atoms with E-state index in [1.165, 1.54) is 10.8 Å². The molecule has 42 heavy (non-hydrogen) atoms. The van der Waals surface area contributed by atoms with Gasteiger partial charge in [0, 0.05) is 11.8 Å². The summed E-state index contributed by atoms with van der Waals surface area (Å²) in [6.07, 6.45) is -5.44. The second kappa shape index (κ2) is 9.89. The number of nitrogens with zero attached hydrogens (tertiary/aromatic N) is 1. The Morgan fingerprint density at radius 1 is 0.881 bits per heavy atom. The van der Waals surface area contributed by atoms with Gasteiger partial charge in [0.1, 0.15) is 42.7 Å². The third kappa shape index (κ3) is 4.93. The zero-order chi connectivity index (χ0) is 29.6. The Kier molecular flexibility index (Phi) is 6.72. The highest BCUT2D eigenvalue weighted by Crippen LogP contribution is 2.63. The molecular weight excluding hydrogens is 575 g/mol. The van der Waals surface area contributed by atoms with Gasteiger partial charge in [-0.2, -0.15) is 0 Å². The fourth-order valence-electron chi connectivity index (χ4n) is 6.15. The van der Waals surface area contributed by atoms with E-state index in [2.05, 4.69) is 4.98 Å². The van der Waals surface area contributed by atoms with Crippen molar-refractivity contribution in [2.24, 2.45) is 0 Å². The van der Waals surface area contributed by atoms with E-state index in [1.54, 1.807) is 34.6 Å².